The maximum absolute atomic E-state index is 11.6. The topological polar surface area (TPSA) is 46.5 Å². The van der Waals surface area contributed by atoms with E-state index < -0.39 is 0 Å². The number of rotatable bonds is 13. The van der Waals surface area contributed by atoms with E-state index in [2.05, 4.69) is 80.2 Å². The second-order valence-electron chi connectivity index (χ2n) is 9.21. The summed E-state index contributed by atoms with van der Waals surface area (Å²) in [5.74, 6) is -0.347. The molecule has 0 amide bonds. The molecule has 0 aromatic heterocycles. The lowest BCUT2D eigenvalue weighted by molar-refractivity contribution is -0.139. The van der Waals surface area contributed by atoms with Crippen LogP contribution in [0.4, 0.5) is 0 Å². The zero-order chi connectivity index (χ0) is 25.0. The third-order valence-corrected chi connectivity index (χ3v) is 6.33. The first-order valence-electron chi connectivity index (χ1n) is 12.8. The van der Waals surface area contributed by atoms with Crippen LogP contribution < -0.4 is 0 Å². The molecule has 0 spiro atoms. The second-order valence-corrected chi connectivity index (χ2v) is 9.21. The van der Waals surface area contributed by atoms with Crippen molar-refractivity contribution in [3.8, 4) is 22.3 Å². The van der Waals surface area contributed by atoms with E-state index in [1.165, 1.54) is 41.5 Å². The fraction of sp³-hybridized carbons (Fsp3) is 0.344. The van der Waals surface area contributed by atoms with Gasteiger partial charge in [-0.25, -0.2) is 4.79 Å². The molecule has 0 aliphatic heterocycles. The van der Waals surface area contributed by atoms with Crippen molar-refractivity contribution in [1.82, 2.24) is 0 Å². The molecule has 0 saturated carbocycles. The lowest BCUT2D eigenvalue weighted by Gasteiger charge is -2.13. The SMILES string of the molecule is C=C(C)C(=O)OCCCc1cc(-c2ccc(-c3ccc(CCCCC)cc3)cc2)ccc1CCO. The molecule has 0 bridgehead atoms. The number of carbonyl (C=O) groups is 1. The minimum Gasteiger partial charge on any atom is -0.462 e. The molecule has 0 saturated heterocycles. The third kappa shape index (κ3) is 7.93. The number of hydrogen-bond donors (Lipinski definition) is 1. The fourth-order valence-electron chi connectivity index (χ4n) is 4.25. The molecule has 3 aromatic rings. The summed E-state index contributed by atoms with van der Waals surface area (Å²) in [5, 5.41) is 9.47. The highest BCUT2D eigenvalue weighted by molar-refractivity contribution is 5.86. The van der Waals surface area contributed by atoms with Crippen LogP contribution in [0.1, 0.15) is 56.2 Å². The molecule has 3 rings (SSSR count). The van der Waals surface area contributed by atoms with Crippen molar-refractivity contribution in [2.24, 2.45) is 0 Å². The Morgan fingerprint density at radius 2 is 1.37 bits per heavy atom. The molecule has 0 atom stereocenters. The molecule has 184 valence electrons. The average molecular weight is 471 g/mol. The smallest absolute Gasteiger partial charge is 0.333 e. The van der Waals surface area contributed by atoms with Gasteiger partial charge in [0.25, 0.3) is 0 Å². The monoisotopic (exact) mass is 470 g/mol. The summed E-state index contributed by atoms with van der Waals surface area (Å²) in [4.78, 5) is 11.6. The van der Waals surface area contributed by atoms with Crippen molar-refractivity contribution >= 4 is 5.97 Å². The van der Waals surface area contributed by atoms with E-state index in [0.29, 0.717) is 18.6 Å². The number of ether oxygens (including phenoxy) is 1. The number of carbonyl (C=O) groups excluding carboxylic acids is 1. The van der Waals surface area contributed by atoms with Crippen LogP contribution in [0.25, 0.3) is 22.3 Å². The molecule has 0 aliphatic carbocycles. The maximum Gasteiger partial charge on any atom is 0.333 e. The first kappa shape index (κ1) is 26.4. The number of hydrogen-bond acceptors (Lipinski definition) is 3. The predicted octanol–water partition coefficient (Wildman–Crippen LogP) is 7.34. The highest BCUT2D eigenvalue weighted by Gasteiger charge is 2.08. The molecule has 1 N–H and O–H groups in total. The Balaban J connectivity index is 1.69. The molecular formula is C32H38O3. The van der Waals surface area contributed by atoms with Gasteiger partial charge in [-0.2, -0.15) is 0 Å². The molecule has 0 radical (unpaired) electrons. The van der Waals surface area contributed by atoms with Crippen LogP contribution in [0.2, 0.25) is 0 Å². The van der Waals surface area contributed by atoms with Crippen molar-refractivity contribution in [2.75, 3.05) is 13.2 Å². The highest BCUT2D eigenvalue weighted by atomic mass is 16.5. The maximum atomic E-state index is 11.6. The van der Waals surface area contributed by atoms with E-state index >= 15 is 0 Å². The lowest BCUT2D eigenvalue weighted by Crippen LogP contribution is -2.07. The zero-order valence-electron chi connectivity index (χ0n) is 21.2. The first-order chi connectivity index (χ1) is 17.0. The van der Waals surface area contributed by atoms with Crippen LogP contribution in [-0.2, 0) is 28.8 Å². The standard InChI is InChI=1S/C32H38O3/c1-4-5-6-8-25-10-12-26(13-11-25)27-14-16-28(17-15-27)31-19-18-29(20-21-33)30(23-31)9-7-22-35-32(34)24(2)3/h10-19,23,33H,2,4-9,20-22H2,1,3H3. The van der Waals surface area contributed by atoms with Crippen LogP contribution in [0.15, 0.2) is 78.9 Å². The summed E-state index contributed by atoms with van der Waals surface area (Å²) in [7, 11) is 0. The van der Waals surface area contributed by atoms with E-state index in [0.717, 1.165) is 36.0 Å². The fourth-order valence-corrected chi connectivity index (χ4v) is 4.25. The first-order valence-corrected chi connectivity index (χ1v) is 12.8. The van der Waals surface area contributed by atoms with Gasteiger partial charge in [-0.1, -0.05) is 93.1 Å². The van der Waals surface area contributed by atoms with Gasteiger partial charge in [0.15, 0.2) is 0 Å². The van der Waals surface area contributed by atoms with Crippen molar-refractivity contribution in [2.45, 2.75) is 58.8 Å². The molecule has 3 aromatic carbocycles. The Morgan fingerprint density at radius 1 is 0.771 bits per heavy atom. The number of aliphatic hydroxyl groups is 1. The summed E-state index contributed by atoms with van der Waals surface area (Å²) in [5.41, 5.74) is 8.91. The molecule has 3 nitrogen and oxygen atoms in total. The van der Waals surface area contributed by atoms with E-state index in [1.807, 2.05) is 0 Å². The Labute approximate surface area is 210 Å². The normalized spacial score (nSPS) is 10.8. The largest absolute Gasteiger partial charge is 0.462 e. The molecule has 0 fully saturated rings. The van der Waals surface area contributed by atoms with Gasteiger partial charge in [0.2, 0.25) is 0 Å². The van der Waals surface area contributed by atoms with Crippen LogP contribution in [0.3, 0.4) is 0 Å². The van der Waals surface area contributed by atoms with Gasteiger partial charge in [-0.15, -0.1) is 0 Å². The average Bonchev–Trinajstić information content (AvgIpc) is 2.88. The summed E-state index contributed by atoms with van der Waals surface area (Å²) in [6.07, 6.45) is 7.08. The van der Waals surface area contributed by atoms with Gasteiger partial charge < -0.3 is 9.84 Å². The van der Waals surface area contributed by atoms with Gasteiger partial charge in [-0.3, -0.25) is 0 Å². The molecule has 0 unspecified atom stereocenters. The van der Waals surface area contributed by atoms with Gasteiger partial charge in [0.05, 0.1) is 6.61 Å². The van der Waals surface area contributed by atoms with Crippen molar-refractivity contribution in [3.05, 3.63) is 95.6 Å². The number of esters is 1. The van der Waals surface area contributed by atoms with Crippen molar-refractivity contribution in [3.63, 3.8) is 0 Å². The summed E-state index contributed by atoms with van der Waals surface area (Å²) < 4.78 is 5.24. The Hall–Kier alpha value is -3.17. The van der Waals surface area contributed by atoms with E-state index in [4.69, 9.17) is 4.74 Å². The van der Waals surface area contributed by atoms with Gasteiger partial charge in [-0.05, 0) is 78.0 Å². The highest BCUT2D eigenvalue weighted by Crippen LogP contribution is 2.28. The van der Waals surface area contributed by atoms with Crippen LogP contribution in [0.5, 0.6) is 0 Å². The molecule has 0 aliphatic rings. The quantitative estimate of drug-likeness (QED) is 0.161. The Morgan fingerprint density at radius 3 is 1.97 bits per heavy atom. The zero-order valence-corrected chi connectivity index (χ0v) is 21.2. The molecule has 3 heteroatoms. The van der Waals surface area contributed by atoms with Crippen LogP contribution in [-0.4, -0.2) is 24.3 Å². The van der Waals surface area contributed by atoms with Crippen LogP contribution in [0, 0.1) is 0 Å². The van der Waals surface area contributed by atoms with Crippen molar-refractivity contribution < 1.29 is 14.6 Å². The van der Waals surface area contributed by atoms with Gasteiger partial charge in [0.1, 0.15) is 0 Å². The van der Waals surface area contributed by atoms with Crippen LogP contribution >= 0.6 is 0 Å². The van der Waals surface area contributed by atoms with Crippen molar-refractivity contribution in [1.29, 1.82) is 0 Å². The number of aryl methyl sites for hydroxylation is 2. The van der Waals surface area contributed by atoms with E-state index in [1.54, 1.807) is 6.92 Å². The number of unbranched alkanes of at least 4 members (excludes halogenated alkanes) is 2. The lowest BCUT2D eigenvalue weighted by atomic mass is 9.94. The molecular weight excluding hydrogens is 432 g/mol. The third-order valence-electron chi connectivity index (χ3n) is 6.33. The predicted molar refractivity (Wildman–Crippen MR) is 145 cm³/mol. The molecule has 35 heavy (non-hydrogen) atoms. The minimum atomic E-state index is -0.347. The summed E-state index contributed by atoms with van der Waals surface area (Å²) in [6, 6.07) is 24.1. The summed E-state index contributed by atoms with van der Waals surface area (Å²) >= 11 is 0. The number of aliphatic hydroxyl groups excluding tert-OH is 1. The van der Waals surface area contributed by atoms with Gasteiger partial charge >= 0.3 is 5.97 Å². The van der Waals surface area contributed by atoms with E-state index in [9.17, 15) is 9.90 Å². The second kappa shape index (κ2) is 13.7. The van der Waals surface area contributed by atoms with Gasteiger partial charge in [0, 0.05) is 12.2 Å². The number of benzene rings is 3. The summed E-state index contributed by atoms with van der Waals surface area (Å²) in [6.45, 7) is 7.98. The van der Waals surface area contributed by atoms with E-state index in [-0.39, 0.29) is 12.6 Å². The Kier molecular flexibility index (Phi) is 10.3. The Bertz CT molecular complexity index is 1090. The minimum absolute atomic E-state index is 0.114. The molecule has 0 heterocycles.